The molecule has 1 aromatic heterocycles. The molecule has 4 rings (SSSR count). The number of hydrogen-bond acceptors (Lipinski definition) is 4. The fraction of sp³-hybridized carbons (Fsp3) is 0.577. The van der Waals surface area contributed by atoms with E-state index in [4.69, 9.17) is 9.84 Å². The van der Waals surface area contributed by atoms with Gasteiger partial charge in [-0.1, -0.05) is 68.9 Å². The Kier molecular flexibility index (Phi) is 8.02. The van der Waals surface area contributed by atoms with Crippen LogP contribution < -0.4 is 10.2 Å². The highest BCUT2D eigenvalue weighted by atomic mass is 16.5. The second kappa shape index (κ2) is 11.3. The predicted molar refractivity (Wildman–Crippen MR) is 128 cm³/mol. The lowest BCUT2D eigenvalue weighted by atomic mass is 9.93. The van der Waals surface area contributed by atoms with Crippen molar-refractivity contribution < 1.29 is 14.3 Å². The minimum Gasteiger partial charge on any atom is -0.462 e. The molecule has 2 amide bonds. The van der Waals surface area contributed by atoms with E-state index in [2.05, 4.69) is 5.32 Å². The van der Waals surface area contributed by atoms with Gasteiger partial charge in [0.05, 0.1) is 13.2 Å². The van der Waals surface area contributed by atoms with Gasteiger partial charge in [-0.05, 0) is 38.2 Å². The Bertz CT molecular complexity index is 915. The Hall–Kier alpha value is -2.83. The highest BCUT2D eigenvalue weighted by Gasteiger charge is 2.34. The van der Waals surface area contributed by atoms with E-state index in [0.29, 0.717) is 17.9 Å². The Balaban J connectivity index is 1.66. The van der Waals surface area contributed by atoms with Crippen molar-refractivity contribution in [3.63, 3.8) is 0 Å². The lowest BCUT2D eigenvalue weighted by Crippen LogP contribution is -2.51. The molecule has 0 radical (unpaired) electrons. The van der Waals surface area contributed by atoms with Gasteiger partial charge < -0.3 is 10.1 Å². The van der Waals surface area contributed by atoms with Gasteiger partial charge in [0.15, 0.2) is 5.82 Å². The molecule has 2 aliphatic carbocycles. The molecule has 2 aliphatic rings. The van der Waals surface area contributed by atoms with Gasteiger partial charge in [0, 0.05) is 18.3 Å². The second-order valence-electron chi connectivity index (χ2n) is 9.22. The molecule has 1 N–H and O–H groups in total. The van der Waals surface area contributed by atoms with E-state index in [0.717, 1.165) is 56.9 Å². The quantitative estimate of drug-likeness (QED) is 0.579. The number of benzene rings is 1. The molecular formula is C26H36N4O3. The van der Waals surface area contributed by atoms with E-state index >= 15 is 0 Å². The maximum absolute atomic E-state index is 13.6. The zero-order chi connectivity index (χ0) is 23.0. The summed E-state index contributed by atoms with van der Waals surface area (Å²) in [5.41, 5.74) is 1.44. The molecule has 1 aromatic carbocycles. The molecule has 0 saturated heterocycles. The smallest absolute Gasteiger partial charge is 0.343 e. The molecule has 0 spiro atoms. The van der Waals surface area contributed by atoms with Crippen molar-refractivity contribution in [3.8, 4) is 0 Å². The van der Waals surface area contributed by atoms with Gasteiger partial charge in [-0.2, -0.15) is 5.10 Å². The van der Waals surface area contributed by atoms with Crippen LogP contribution in [0, 0.1) is 0 Å². The molecule has 178 valence electrons. The molecule has 33 heavy (non-hydrogen) atoms. The summed E-state index contributed by atoms with van der Waals surface area (Å²) in [4.78, 5) is 28.3. The summed E-state index contributed by atoms with van der Waals surface area (Å²) in [6.45, 7) is 2.59. The van der Waals surface area contributed by atoms with Crippen LogP contribution in [0.4, 0.5) is 10.6 Å². The third-order valence-corrected chi connectivity index (χ3v) is 6.74. The summed E-state index contributed by atoms with van der Waals surface area (Å²) in [6, 6.07) is 10.1. The first-order valence-electron chi connectivity index (χ1n) is 12.5. The summed E-state index contributed by atoms with van der Waals surface area (Å²) in [7, 11) is 0. The van der Waals surface area contributed by atoms with Crippen LogP contribution in [0.1, 0.15) is 87.1 Å². The monoisotopic (exact) mass is 452 g/mol. The van der Waals surface area contributed by atoms with E-state index in [1.807, 2.05) is 30.3 Å². The van der Waals surface area contributed by atoms with Crippen LogP contribution in [0.25, 0.3) is 0 Å². The number of aromatic nitrogens is 2. The van der Waals surface area contributed by atoms with Gasteiger partial charge in [-0.25, -0.2) is 9.59 Å². The molecule has 2 aromatic rings. The number of rotatable bonds is 7. The second-order valence-corrected chi connectivity index (χ2v) is 9.22. The highest BCUT2D eigenvalue weighted by Crippen LogP contribution is 2.30. The number of carbonyl (C=O) groups is 2. The number of ether oxygens (including phenoxy) is 1. The Morgan fingerprint density at radius 2 is 1.70 bits per heavy atom. The topological polar surface area (TPSA) is 76.5 Å². The molecule has 1 heterocycles. The number of amides is 2. The summed E-state index contributed by atoms with van der Waals surface area (Å²) in [5.74, 6) is -0.0114. The normalized spacial score (nSPS) is 17.5. The zero-order valence-corrected chi connectivity index (χ0v) is 19.7. The van der Waals surface area contributed by atoms with E-state index in [9.17, 15) is 9.59 Å². The molecule has 7 heteroatoms. The van der Waals surface area contributed by atoms with Crippen LogP contribution >= 0.6 is 0 Å². The van der Waals surface area contributed by atoms with Gasteiger partial charge in [-0.15, -0.1) is 0 Å². The molecule has 0 unspecified atom stereocenters. The summed E-state index contributed by atoms with van der Waals surface area (Å²) in [5, 5.41) is 8.04. The largest absolute Gasteiger partial charge is 0.462 e. The van der Waals surface area contributed by atoms with Crippen LogP contribution in [-0.2, 0) is 11.3 Å². The van der Waals surface area contributed by atoms with Crippen LogP contribution in [0.2, 0.25) is 0 Å². The minimum absolute atomic E-state index is 0.0376. The summed E-state index contributed by atoms with van der Waals surface area (Å²) in [6.07, 6.45) is 12.5. The third-order valence-electron chi connectivity index (χ3n) is 6.74. The van der Waals surface area contributed by atoms with Crippen molar-refractivity contribution in [1.82, 2.24) is 15.1 Å². The molecule has 7 nitrogen and oxygen atoms in total. The Labute approximate surface area is 196 Å². The summed E-state index contributed by atoms with van der Waals surface area (Å²) < 4.78 is 7.10. The molecular weight excluding hydrogens is 416 g/mol. The number of anilines is 1. The van der Waals surface area contributed by atoms with Gasteiger partial charge in [0.25, 0.3) is 0 Å². The minimum atomic E-state index is -0.432. The average Bonchev–Trinajstić information content (AvgIpc) is 3.24. The highest BCUT2D eigenvalue weighted by molar-refractivity contribution is 6.01. The van der Waals surface area contributed by atoms with Crippen LogP contribution in [0.5, 0.6) is 0 Å². The predicted octanol–water partition coefficient (Wildman–Crippen LogP) is 5.29. The number of urea groups is 1. The number of carbonyl (C=O) groups excluding carboxylic acids is 2. The maximum Gasteiger partial charge on any atom is 0.343 e. The van der Waals surface area contributed by atoms with Crippen molar-refractivity contribution in [2.24, 2.45) is 0 Å². The number of hydrogen-bond donors (Lipinski definition) is 1. The Morgan fingerprint density at radius 3 is 2.36 bits per heavy atom. The first-order chi connectivity index (χ1) is 16.2. The van der Waals surface area contributed by atoms with Crippen LogP contribution in [0.3, 0.4) is 0 Å². The van der Waals surface area contributed by atoms with E-state index in [-0.39, 0.29) is 24.7 Å². The van der Waals surface area contributed by atoms with Gasteiger partial charge >= 0.3 is 12.0 Å². The van der Waals surface area contributed by atoms with Crippen molar-refractivity contribution in [2.45, 2.75) is 89.8 Å². The Morgan fingerprint density at radius 1 is 1.03 bits per heavy atom. The molecule has 0 bridgehead atoms. The number of nitrogens with zero attached hydrogens (tertiary/aromatic N) is 3. The third kappa shape index (κ3) is 5.95. The van der Waals surface area contributed by atoms with Gasteiger partial charge in [0.2, 0.25) is 0 Å². The van der Waals surface area contributed by atoms with Crippen molar-refractivity contribution in [2.75, 3.05) is 11.5 Å². The molecule has 2 saturated carbocycles. The fourth-order valence-corrected chi connectivity index (χ4v) is 5.06. The van der Waals surface area contributed by atoms with Crippen molar-refractivity contribution in [1.29, 1.82) is 0 Å². The van der Waals surface area contributed by atoms with E-state index < -0.39 is 5.97 Å². The van der Waals surface area contributed by atoms with Crippen molar-refractivity contribution in [3.05, 3.63) is 47.7 Å². The standard InChI is InChI=1S/C26H36N4O3/c1-2-33-25(31)23-19-29(18-20-12-6-3-7-13-20)28-24(23)30(22-16-10-5-11-17-22)26(32)27-21-14-8-4-9-15-21/h3,6-7,12-13,19,21-22H,2,4-5,8-11,14-18H2,1H3,(H,27,32). The number of nitrogens with one attached hydrogen (secondary N) is 1. The zero-order valence-electron chi connectivity index (χ0n) is 19.7. The van der Waals surface area contributed by atoms with E-state index in [1.54, 1.807) is 22.7 Å². The van der Waals surface area contributed by atoms with Crippen LogP contribution in [-0.4, -0.2) is 40.5 Å². The van der Waals surface area contributed by atoms with Crippen LogP contribution in [0.15, 0.2) is 36.5 Å². The lowest BCUT2D eigenvalue weighted by Gasteiger charge is -2.35. The first-order valence-corrected chi connectivity index (χ1v) is 12.5. The molecule has 2 fully saturated rings. The lowest BCUT2D eigenvalue weighted by molar-refractivity contribution is 0.0527. The number of esters is 1. The maximum atomic E-state index is 13.6. The SMILES string of the molecule is CCOC(=O)c1cn(Cc2ccccc2)nc1N(C(=O)NC1CCCCC1)C1CCCCC1. The fourth-order valence-electron chi connectivity index (χ4n) is 5.06. The van der Waals surface area contributed by atoms with Gasteiger partial charge in [0.1, 0.15) is 5.56 Å². The summed E-state index contributed by atoms with van der Waals surface area (Å²) >= 11 is 0. The molecule has 0 atom stereocenters. The van der Waals surface area contributed by atoms with E-state index in [1.165, 1.54) is 12.8 Å². The molecule has 0 aliphatic heterocycles. The first kappa shape index (κ1) is 23.3. The average molecular weight is 453 g/mol. The van der Waals surface area contributed by atoms with Crippen molar-refractivity contribution >= 4 is 17.8 Å². The van der Waals surface area contributed by atoms with Gasteiger partial charge in [-0.3, -0.25) is 9.58 Å².